The topological polar surface area (TPSA) is 50.3 Å². The highest BCUT2D eigenvalue weighted by molar-refractivity contribution is 9.10. The number of likely N-dealkylation sites (tertiary alicyclic amines) is 1. The van der Waals surface area contributed by atoms with E-state index in [1.54, 1.807) is 4.57 Å². The molecule has 2 aliphatic heterocycles. The van der Waals surface area contributed by atoms with E-state index in [0.717, 1.165) is 58.1 Å². The monoisotopic (exact) mass is 497 g/mol. The summed E-state index contributed by atoms with van der Waals surface area (Å²) in [6.07, 6.45) is -0.893. The van der Waals surface area contributed by atoms with Gasteiger partial charge in [0.1, 0.15) is 0 Å². The fourth-order valence-corrected chi connectivity index (χ4v) is 5.07. The van der Waals surface area contributed by atoms with Gasteiger partial charge in [-0.2, -0.15) is 13.2 Å². The van der Waals surface area contributed by atoms with Crippen molar-refractivity contribution >= 4 is 39.4 Å². The predicted octanol–water partition coefficient (Wildman–Crippen LogP) is 4.74. The highest BCUT2D eigenvalue weighted by Crippen LogP contribution is 2.38. The summed E-state index contributed by atoms with van der Waals surface area (Å²) in [4.78, 5) is 17.6. The highest BCUT2D eigenvalue weighted by atomic mass is 79.9. The average Bonchev–Trinajstić information content (AvgIpc) is 2.96. The number of ether oxygens (including phenoxy) is 1. The van der Waals surface area contributed by atoms with Crippen molar-refractivity contribution in [2.45, 2.75) is 50.4 Å². The Morgan fingerprint density at radius 2 is 1.83 bits per heavy atom. The number of aromatic amines is 1. The second-order valence-electron chi connectivity index (χ2n) is 7.97. The third-order valence-corrected chi connectivity index (χ3v) is 6.93. The molecule has 29 heavy (non-hydrogen) atoms. The molecule has 1 aromatic carbocycles. The molecule has 5 nitrogen and oxygen atoms in total. The van der Waals surface area contributed by atoms with E-state index in [1.807, 2.05) is 0 Å². The summed E-state index contributed by atoms with van der Waals surface area (Å²) in [6.45, 7) is 5.54. The number of imidazole rings is 1. The molecule has 0 spiro atoms. The number of nitrogens with zero attached hydrogens (tertiary/aromatic N) is 2. The number of benzene rings is 1. The van der Waals surface area contributed by atoms with E-state index in [2.05, 4.69) is 32.7 Å². The van der Waals surface area contributed by atoms with Gasteiger partial charge in [0.2, 0.25) is 0 Å². The number of hydrogen-bond acceptors (Lipinski definition) is 3. The Labute approximate surface area is 181 Å². The SMILES string of the molecule is CC1(N2CCC(n3c(=O)[nH]c4cc(C(F)(F)F)c(Br)cc43)CC2)CCOCC1.Cl. The van der Waals surface area contributed by atoms with Gasteiger partial charge < -0.3 is 9.72 Å². The molecule has 0 aliphatic carbocycles. The molecule has 162 valence electrons. The van der Waals surface area contributed by atoms with Gasteiger partial charge in [0.25, 0.3) is 0 Å². The van der Waals surface area contributed by atoms with Crippen LogP contribution in [0.5, 0.6) is 0 Å². The normalized spacial score (nSPS) is 21.3. The average molecular weight is 499 g/mol. The van der Waals surface area contributed by atoms with Gasteiger partial charge in [0, 0.05) is 42.4 Å². The molecule has 2 aliphatic rings. The van der Waals surface area contributed by atoms with Gasteiger partial charge >= 0.3 is 11.9 Å². The van der Waals surface area contributed by atoms with E-state index in [9.17, 15) is 18.0 Å². The molecule has 4 rings (SSSR count). The standard InChI is InChI=1S/C19H23BrF3N3O2.ClH/c1-18(4-8-28-9-5-18)25-6-2-12(3-7-25)26-16-11-14(20)13(19(21,22)23)10-15(16)24-17(26)27;/h10-12H,2-9H2,1H3,(H,24,27);1H. The largest absolute Gasteiger partial charge is 0.417 e. The van der Waals surface area contributed by atoms with Crippen molar-refractivity contribution in [3.8, 4) is 0 Å². The molecule has 0 unspecified atom stereocenters. The summed E-state index contributed by atoms with van der Waals surface area (Å²) in [5.41, 5.74) is -0.272. The summed E-state index contributed by atoms with van der Waals surface area (Å²) in [5.74, 6) is 0. The van der Waals surface area contributed by atoms with Crippen LogP contribution in [0.25, 0.3) is 11.0 Å². The molecular weight excluding hydrogens is 475 g/mol. The van der Waals surface area contributed by atoms with Crippen molar-refractivity contribution < 1.29 is 17.9 Å². The van der Waals surface area contributed by atoms with Crippen LogP contribution in [0.3, 0.4) is 0 Å². The smallest absolute Gasteiger partial charge is 0.381 e. The number of fused-ring (bicyclic) bond motifs is 1. The molecule has 1 aromatic heterocycles. The highest BCUT2D eigenvalue weighted by Gasteiger charge is 2.37. The summed E-state index contributed by atoms with van der Waals surface area (Å²) in [5, 5.41) is 0. The molecule has 1 N–H and O–H groups in total. The molecule has 10 heteroatoms. The van der Waals surface area contributed by atoms with E-state index < -0.39 is 11.7 Å². The lowest BCUT2D eigenvalue weighted by atomic mass is 9.87. The summed E-state index contributed by atoms with van der Waals surface area (Å²) in [6, 6.07) is 2.39. The Bertz CT molecular complexity index is 929. The molecule has 0 atom stereocenters. The van der Waals surface area contributed by atoms with Crippen LogP contribution in [0.4, 0.5) is 13.2 Å². The van der Waals surface area contributed by atoms with Gasteiger partial charge in [-0.15, -0.1) is 12.4 Å². The number of halogens is 5. The summed E-state index contributed by atoms with van der Waals surface area (Å²) in [7, 11) is 0. The zero-order chi connectivity index (χ0) is 20.1. The number of H-pyrrole nitrogens is 1. The number of aromatic nitrogens is 2. The predicted molar refractivity (Wildman–Crippen MR) is 111 cm³/mol. The zero-order valence-corrected chi connectivity index (χ0v) is 18.4. The molecule has 0 radical (unpaired) electrons. The van der Waals surface area contributed by atoms with Crippen LogP contribution >= 0.6 is 28.3 Å². The van der Waals surface area contributed by atoms with Gasteiger partial charge in [-0.25, -0.2) is 4.79 Å². The third kappa shape index (κ3) is 4.24. The number of hydrogen-bond donors (Lipinski definition) is 1. The fraction of sp³-hybridized carbons (Fsp3) is 0.632. The van der Waals surface area contributed by atoms with Gasteiger partial charge in [-0.1, -0.05) is 15.9 Å². The van der Waals surface area contributed by atoms with Crippen LogP contribution in [-0.2, 0) is 10.9 Å². The van der Waals surface area contributed by atoms with Gasteiger partial charge in [-0.05, 0) is 44.7 Å². The lowest BCUT2D eigenvalue weighted by Gasteiger charge is -2.47. The number of piperidine rings is 1. The molecular formula is C19H24BrClF3N3O2. The fourth-order valence-electron chi connectivity index (χ4n) is 4.52. The maximum Gasteiger partial charge on any atom is 0.417 e. The van der Waals surface area contributed by atoms with Crippen LogP contribution < -0.4 is 5.69 Å². The van der Waals surface area contributed by atoms with Gasteiger partial charge in [-0.3, -0.25) is 9.47 Å². The minimum Gasteiger partial charge on any atom is -0.381 e. The minimum atomic E-state index is -4.48. The van der Waals surface area contributed by atoms with Crippen molar-refractivity contribution in [2.75, 3.05) is 26.3 Å². The van der Waals surface area contributed by atoms with Gasteiger partial charge in [0.05, 0.1) is 16.6 Å². The Hall–Kier alpha value is -1.03. The van der Waals surface area contributed by atoms with Crippen LogP contribution in [0.15, 0.2) is 21.4 Å². The number of rotatable bonds is 2. The maximum atomic E-state index is 13.2. The van der Waals surface area contributed by atoms with Crippen LogP contribution in [0.1, 0.15) is 44.2 Å². The second-order valence-corrected chi connectivity index (χ2v) is 8.83. The quantitative estimate of drug-likeness (QED) is 0.651. The Balaban J connectivity index is 0.00000240. The first-order chi connectivity index (χ1) is 13.2. The first kappa shape index (κ1) is 22.7. The zero-order valence-electron chi connectivity index (χ0n) is 16.0. The van der Waals surface area contributed by atoms with E-state index >= 15 is 0 Å². The summed E-state index contributed by atoms with van der Waals surface area (Å²) < 4.78 is 46.5. The third-order valence-electron chi connectivity index (χ3n) is 6.27. The lowest BCUT2D eigenvalue weighted by Crippen LogP contribution is -2.53. The van der Waals surface area contributed by atoms with Crippen molar-refractivity contribution in [2.24, 2.45) is 0 Å². The van der Waals surface area contributed by atoms with Crippen molar-refractivity contribution in [3.63, 3.8) is 0 Å². The lowest BCUT2D eigenvalue weighted by molar-refractivity contribution is -0.138. The molecule has 2 aromatic rings. The van der Waals surface area contributed by atoms with E-state index in [1.165, 1.54) is 6.07 Å². The van der Waals surface area contributed by atoms with E-state index in [4.69, 9.17) is 4.74 Å². The van der Waals surface area contributed by atoms with Crippen molar-refractivity contribution in [1.82, 2.24) is 14.5 Å². The Morgan fingerprint density at radius 1 is 1.21 bits per heavy atom. The molecule has 2 fully saturated rings. The first-order valence-electron chi connectivity index (χ1n) is 9.53. The van der Waals surface area contributed by atoms with Gasteiger partial charge in [0.15, 0.2) is 0 Å². The molecule has 0 saturated carbocycles. The molecule has 3 heterocycles. The minimum absolute atomic E-state index is 0. The van der Waals surface area contributed by atoms with Crippen LogP contribution in [-0.4, -0.2) is 46.3 Å². The Kier molecular flexibility index (Phi) is 6.44. The van der Waals surface area contributed by atoms with Crippen molar-refractivity contribution in [3.05, 3.63) is 32.7 Å². The first-order valence-corrected chi connectivity index (χ1v) is 10.3. The number of alkyl halides is 3. The second kappa shape index (κ2) is 8.24. The summed E-state index contributed by atoms with van der Waals surface area (Å²) >= 11 is 3.02. The van der Waals surface area contributed by atoms with Crippen molar-refractivity contribution in [1.29, 1.82) is 0 Å². The van der Waals surface area contributed by atoms with Crippen LogP contribution in [0, 0.1) is 0 Å². The van der Waals surface area contributed by atoms with E-state index in [-0.39, 0.29) is 39.7 Å². The molecule has 2 saturated heterocycles. The Morgan fingerprint density at radius 3 is 2.41 bits per heavy atom. The maximum absolute atomic E-state index is 13.2. The van der Waals surface area contributed by atoms with E-state index in [0.29, 0.717) is 5.52 Å². The van der Waals surface area contributed by atoms with Crippen LogP contribution in [0.2, 0.25) is 0 Å². The number of nitrogens with one attached hydrogen (secondary N) is 1. The molecule has 0 amide bonds. The molecule has 0 bridgehead atoms.